The van der Waals surface area contributed by atoms with Gasteiger partial charge in [-0.15, -0.1) is 0 Å². The van der Waals surface area contributed by atoms with Crippen molar-refractivity contribution < 1.29 is 14.6 Å². The van der Waals surface area contributed by atoms with E-state index in [0.29, 0.717) is 49.7 Å². The van der Waals surface area contributed by atoms with Crippen molar-refractivity contribution in [2.24, 2.45) is 0 Å². The number of hydrogen-bond donors (Lipinski definition) is 1. The van der Waals surface area contributed by atoms with Gasteiger partial charge in [0.15, 0.2) is 0 Å². The Morgan fingerprint density at radius 3 is 2.58 bits per heavy atom. The van der Waals surface area contributed by atoms with Crippen molar-refractivity contribution in [3.8, 4) is 5.75 Å². The number of amides is 1. The Morgan fingerprint density at radius 2 is 1.95 bits per heavy atom. The van der Waals surface area contributed by atoms with E-state index in [-0.39, 0.29) is 12.0 Å². The highest BCUT2D eigenvalue weighted by Gasteiger charge is 2.20. The van der Waals surface area contributed by atoms with Crippen molar-refractivity contribution in [3.05, 3.63) is 29.3 Å². The topological polar surface area (TPSA) is 49.8 Å². The van der Waals surface area contributed by atoms with Crippen LogP contribution >= 0.6 is 11.6 Å². The Morgan fingerprint density at radius 1 is 1.32 bits per heavy atom. The highest BCUT2D eigenvalue weighted by atomic mass is 35.5. The molecule has 0 aromatic heterocycles. The quantitative estimate of drug-likeness (QED) is 0.920. The number of halogens is 1. The number of ether oxygens (including phenoxy) is 1. The summed E-state index contributed by atoms with van der Waals surface area (Å²) in [7, 11) is 0. The van der Waals surface area contributed by atoms with E-state index < -0.39 is 0 Å². The number of piperidine rings is 1. The monoisotopic (exact) mass is 283 g/mol. The van der Waals surface area contributed by atoms with Gasteiger partial charge in [0.1, 0.15) is 5.75 Å². The van der Waals surface area contributed by atoms with E-state index in [1.165, 1.54) is 0 Å². The SMILES string of the molecule is O=C(CCOc1ccc(Cl)cc1)N1CCC(O)CC1. The maximum absolute atomic E-state index is 11.9. The van der Waals surface area contributed by atoms with Crippen LogP contribution in [0.4, 0.5) is 0 Å². The summed E-state index contributed by atoms with van der Waals surface area (Å²) in [5.41, 5.74) is 0. The fraction of sp³-hybridized carbons (Fsp3) is 0.500. The van der Waals surface area contributed by atoms with E-state index in [9.17, 15) is 9.90 Å². The average molecular weight is 284 g/mol. The lowest BCUT2D eigenvalue weighted by molar-refractivity contribution is -0.133. The first-order chi connectivity index (χ1) is 9.15. The second kappa shape index (κ2) is 6.78. The summed E-state index contributed by atoms with van der Waals surface area (Å²) in [6.07, 6.45) is 1.45. The summed E-state index contributed by atoms with van der Waals surface area (Å²) in [4.78, 5) is 13.7. The summed E-state index contributed by atoms with van der Waals surface area (Å²) >= 11 is 5.77. The third-order valence-electron chi connectivity index (χ3n) is 3.22. The van der Waals surface area contributed by atoms with Crippen LogP contribution in [0.5, 0.6) is 5.75 Å². The van der Waals surface area contributed by atoms with Crippen LogP contribution in [0, 0.1) is 0 Å². The third kappa shape index (κ3) is 4.40. The van der Waals surface area contributed by atoms with Gasteiger partial charge in [0.05, 0.1) is 19.1 Å². The third-order valence-corrected chi connectivity index (χ3v) is 3.47. The van der Waals surface area contributed by atoms with Crippen LogP contribution in [0.1, 0.15) is 19.3 Å². The molecule has 0 bridgehead atoms. The number of rotatable bonds is 4. The molecule has 0 atom stereocenters. The molecule has 1 heterocycles. The summed E-state index contributed by atoms with van der Waals surface area (Å²) < 4.78 is 5.49. The first kappa shape index (κ1) is 14.2. The van der Waals surface area contributed by atoms with Gasteiger partial charge in [-0.05, 0) is 37.1 Å². The molecule has 1 aromatic rings. The largest absolute Gasteiger partial charge is 0.493 e. The lowest BCUT2D eigenvalue weighted by atomic mass is 10.1. The van der Waals surface area contributed by atoms with Crippen molar-refractivity contribution in [2.75, 3.05) is 19.7 Å². The molecular weight excluding hydrogens is 266 g/mol. The van der Waals surface area contributed by atoms with E-state index in [2.05, 4.69) is 0 Å². The summed E-state index contributed by atoms with van der Waals surface area (Å²) in [6, 6.07) is 7.07. The molecule has 0 aliphatic carbocycles. The van der Waals surface area contributed by atoms with Crippen LogP contribution in [0.25, 0.3) is 0 Å². The Labute approximate surface area is 117 Å². The highest BCUT2D eigenvalue weighted by Crippen LogP contribution is 2.16. The molecule has 0 unspecified atom stereocenters. The van der Waals surface area contributed by atoms with Gasteiger partial charge in [-0.2, -0.15) is 0 Å². The van der Waals surface area contributed by atoms with Gasteiger partial charge < -0.3 is 14.7 Å². The number of carbonyl (C=O) groups excluding carboxylic acids is 1. The van der Waals surface area contributed by atoms with Gasteiger partial charge in [0.25, 0.3) is 0 Å². The zero-order chi connectivity index (χ0) is 13.7. The molecule has 1 fully saturated rings. The van der Waals surface area contributed by atoms with Gasteiger partial charge >= 0.3 is 0 Å². The molecule has 1 saturated heterocycles. The number of nitrogens with zero attached hydrogens (tertiary/aromatic N) is 1. The minimum absolute atomic E-state index is 0.0841. The van der Waals surface area contributed by atoms with Gasteiger partial charge in [-0.1, -0.05) is 11.6 Å². The molecule has 0 saturated carbocycles. The molecule has 1 aliphatic rings. The van der Waals surface area contributed by atoms with Gasteiger partial charge in [-0.25, -0.2) is 0 Å². The fourth-order valence-corrected chi connectivity index (χ4v) is 2.19. The number of carbonyl (C=O) groups is 1. The molecule has 0 spiro atoms. The van der Waals surface area contributed by atoms with Crippen molar-refractivity contribution in [1.82, 2.24) is 4.90 Å². The first-order valence-corrected chi connectivity index (χ1v) is 6.87. The van der Waals surface area contributed by atoms with E-state index in [1.807, 2.05) is 0 Å². The van der Waals surface area contributed by atoms with Crippen LogP contribution in [-0.4, -0.2) is 41.7 Å². The summed E-state index contributed by atoms with van der Waals surface area (Å²) in [6.45, 7) is 1.64. The Balaban J connectivity index is 1.70. The number of aliphatic hydroxyl groups is 1. The van der Waals surface area contributed by atoms with E-state index in [4.69, 9.17) is 16.3 Å². The normalized spacial score (nSPS) is 16.4. The molecule has 0 radical (unpaired) electrons. The molecule has 4 nitrogen and oxygen atoms in total. The molecule has 104 valence electrons. The summed E-state index contributed by atoms with van der Waals surface area (Å²) in [5.74, 6) is 0.798. The van der Waals surface area contributed by atoms with E-state index in [0.717, 1.165) is 0 Å². The van der Waals surface area contributed by atoms with Crippen molar-refractivity contribution in [3.63, 3.8) is 0 Å². The van der Waals surface area contributed by atoms with Crippen molar-refractivity contribution in [1.29, 1.82) is 0 Å². The lowest BCUT2D eigenvalue weighted by Crippen LogP contribution is -2.40. The Bertz CT molecular complexity index is 413. The van der Waals surface area contributed by atoms with Crippen molar-refractivity contribution in [2.45, 2.75) is 25.4 Å². The molecule has 1 N–H and O–H groups in total. The number of benzene rings is 1. The van der Waals surface area contributed by atoms with Gasteiger partial charge in [0.2, 0.25) is 5.91 Å². The molecule has 5 heteroatoms. The number of likely N-dealkylation sites (tertiary alicyclic amines) is 1. The average Bonchev–Trinajstić information content (AvgIpc) is 2.41. The van der Waals surface area contributed by atoms with E-state index in [1.54, 1.807) is 29.2 Å². The van der Waals surface area contributed by atoms with E-state index >= 15 is 0 Å². The summed E-state index contributed by atoms with van der Waals surface area (Å²) in [5, 5.41) is 10.0. The Hall–Kier alpha value is -1.26. The predicted molar refractivity (Wildman–Crippen MR) is 73.4 cm³/mol. The minimum Gasteiger partial charge on any atom is -0.493 e. The molecule has 19 heavy (non-hydrogen) atoms. The number of hydrogen-bond acceptors (Lipinski definition) is 3. The highest BCUT2D eigenvalue weighted by molar-refractivity contribution is 6.30. The van der Waals surface area contributed by atoms with Gasteiger partial charge in [-0.3, -0.25) is 4.79 Å². The smallest absolute Gasteiger partial charge is 0.226 e. The predicted octanol–water partition coefficient (Wildman–Crippen LogP) is 2.09. The molecular formula is C14H18ClNO3. The van der Waals surface area contributed by atoms with Gasteiger partial charge in [0, 0.05) is 18.1 Å². The van der Waals surface area contributed by atoms with Crippen molar-refractivity contribution >= 4 is 17.5 Å². The van der Waals surface area contributed by atoms with Crippen LogP contribution in [0.15, 0.2) is 24.3 Å². The van der Waals surface area contributed by atoms with Crippen LogP contribution in [-0.2, 0) is 4.79 Å². The van der Waals surface area contributed by atoms with Crippen LogP contribution in [0.3, 0.4) is 0 Å². The maximum Gasteiger partial charge on any atom is 0.226 e. The fourth-order valence-electron chi connectivity index (χ4n) is 2.06. The second-order valence-electron chi connectivity index (χ2n) is 4.66. The molecule has 2 rings (SSSR count). The first-order valence-electron chi connectivity index (χ1n) is 6.49. The standard InChI is InChI=1S/C14H18ClNO3/c15-11-1-3-13(4-2-11)19-10-7-14(18)16-8-5-12(17)6-9-16/h1-4,12,17H,5-10H2. The minimum atomic E-state index is -0.255. The zero-order valence-corrected chi connectivity index (χ0v) is 11.5. The molecule has 1 amide bonds. The Kier molecular flexibility index (Phi) is 5.05. The number of aliphatic hydroxyl groups excluding tert-OH is 1. The maximum atomic E-state index is 11.9. The van der Waals surface area contributed by atoms with Crippen LogP contribution < -0.4 is 4.74 Å². The lowest BCUT2D eigenvalue weighted by Gasteiger charge is -2.29. The molecule has 1 aromatic carbocycles. The molecule has 1 aliphatic heterocycles. The second-order valence-corrected chi connectivity index (χ2v) is 5.10. The van der Waals surface area contributed by atoms with Crippen LogP contribution in [0.2, 0.25) is 5.02 Å². The zero-order valence-electron chi connectivity index (χ0n) is 10.7.